The van der Waals surface area contributed by atoms with Crippen LogP contribution in [0, 0.1) is 0 Å². The van der Waals surface area contributed by atoms with Gasteiger partial charge in [0, 0.05) is 46.2 Å². The molecule has 1 aliphatic rings. The van der Waals surface area contributed by atoms with Gasteiger partial charge in [-0.15, -0.1) is 0 Å². The van der Waals surface area contributed by atoms with Crippen molar-refractivity contribution in [2.24, 2.45) is 4.99 Å². The van der Waals surface area contributed by atoms with Crippen LogP contribution in [-0.2, 0) is 13.0 Å². The minimum atomic E-state index is 0.316. The smallest absolute Gasteiger partial charge is 0.0679 e. The van der Waals surface area contributed by atoms with Crippen molar-refractivity contribution in [3.8, 4) is 0 Å². The average molecular weight is 368 g/mol. The van der Waals surface area contributed by atoms with E-state index in [9.17, 15) is 0 Å². The van der Waals surface area contributed by atoms with Gasteiger partial charge in [-0.1, -0.05) is 40.9 Å². The maximum absolute atomic E-state index is 6.03. The second-order valence-corrected chi connectivity index (χ2v) is 7.20. The van der Waals surface area contributed by atoms with E-state index in [-0.39, 0.29) is 0 Å². The lowest BCUT2D eigenvalue weighted by Crippen LogP contribution is -2.28. The topological polar surface area (TPSA) is 24.4 Å². The predicted octanol–water partition coefficient (Wildman–Crippen LogP) is 5.84. The molecule has 0 amide bonds. The van der Waals surface area contributed by atoms with Gasteiger partial charge in [0.1, 0.15) is 0 Å². The van der Waals surface area contributed by atoms with Gasteiger partial charge in [-0.3, -0.25) is 4.99 Å². The van der Waals surface area contributed by atoms with Gasteiger partial charge in [0.25, 0.3) is 0 Å². The largest absolute Gasteiger partial charge is 0.310 e. The zero-order valence-corrected chi connectivity index (χ0v) is 15.0. The summed E-state index contributed by atoms with van der Waals surface area (Å²) < 4.78 is 0. The molecule has 120 valence electrons. The van der Waals surface area contributed by atoms with Crippen LogP contribution in [-0.4, -0.2) is 11.8 Å². The summed E-state index contributed by atoms with van der Waals surface area (Å²) in [5.74, 6) is 0. The lowest BCUT2D eigenvalue weighted by molar-refractivity contribution is 0.562. The first-order valence-corrected chi connectivity index (χ1v) is 8.66. The third kappa shape index (κ3) is 4.48. The highest BCUT2D eigenvalue weighted by atomic mass is 35.5. The fraction of sp³-hybridized carbons (Fsp3) is 0.278. The summed E-state index contributed by atoms with van der Waals surface area (Å²) in [4.78, 5) is 4.69. The van der Waals surface area contributed by atoms with Crippen LogP contribution in [0.5, 0.6) is 0 Å². The molecule has 0 spiro atoms. The quantitative estimate of drug-likeness (QED) is 0.705. The van der Waals surface area contributed by atoms with Gasteiger partial charge in [0.2, 0.25) is 0 Å². The Morgan fingerprint density at radius 2 is 1.78 bits per heavy atom. The van der Waals surface area contributed by atoms with Gasteiger partial charge in [-0.05, 0) is 48.4 Å². The van der Waals surface area contributed by atoms with Crippen molar-refractivity contribution in [1.82, 2.24) is 5.32 Å². The van der Waals surface area contributed by atoms with Crippen LogP contribution in [0.2, 0.25) is 15.1 Å². The summed E-state index contributed by atoms with van der Waals surface area (Å²) in [7, 11) is 0. The number of nitrogens with zero attached hydrogens (tertiary/aromatic N) is 1. The maximum Gasteiger partial charge on any atom is 0.0679 e. The molecule has 2 aromatic rings. The van der Waals surface area contributed by atoms with E-state index in [4.69, 9.17) is 34.8 Å². The highest BCUT2D eigenvalue weighted by molar-refractivity contribution is 6.34. The van der Waals surface area contributed by atoms with E-state index in [2.05, 4.69) is 23.3 Å². The van der Waals surface area contributed by atoms with Crippen molar-refractivity contribution in [2.75, 3.05) is 0 Å². The Kier molecular flexibility index (Phi) is 5.27. The van der Waals surface area contributed by atoms with Crippen LogP contribution < -0.4 is 5.32 Å². The second kappa shape index (κ2) is 7.23. The molecule has 3 rings (SSSR count). The maximum atomic E-state index is 6.03. The normalized spacial score (nSPS) is 14.5. The molecule has 1 atom stereocenters. The summed E-state index contributed by atoms with van der Waals surface area (Å²) in [5.41, 5.74) is 4.52. The fourth-order valence-corrected chi connectivity index (χ4v) is 3.51. The SMILES string of the molecule is CC(CC1=Nc2cc(Cl)ccc2C1)NCc1cc(Cl)cc(Cl)c1. The summed E-state index contributed by atoms with van der Waals surface area (Å²) in [6, 6.07) is 11.8. The summed E-state index contributed by atoms with van der Waals surface area (Å²) >= 11 is 18.1. The molecule has 1 aliphatic heterocycles. The molecule has 2 aromatic carbocycles. The van der Waals surface area contributed by atoms with Crippen LogP contribution in [0.15, 0.2) is 41.4 Å². The van der Waals surface area contributed by atoms with E-state index < -0.39 is 0 Å². The van der Waals surface area contributed by atoms with E-state index in [0.717, 1.165) is 35.7 Å². The molecule has 0 saturated carbocycles. The summed E-state index contributed by atoms with van der Waals surface area (Å²) in [6.45, 7) is 2.89. The second-order valence-electron chi connectivity index (χ2n) is 5.89. The van der Waals surface area contributed by atoms with E-state index in [0.29, 0.717) is 16.1 Å². The Morgan fingerprint density at radius 1 is 1.04 bits per heavy atom. The molecule has 0 aliphatic carbocycles. The number of rotatable bonds is 5. The molecule has 0 bridgehead atoms. The molecule has 1 unspecified atom stereocenters. The molecule has 0 aromatic heterocycles. The number of hydrogen-bond acceptors (Lipinski definition) is 2. The molecule has 1 N–H and O–H groups in total. The number of aliphatic imine (C=N–C) groups is 1. The number of halogens is 3. The molecule has 0 saturated heterocycles. The van der Waals surface area contributed by atoms with Gasteiger partial charge in [-0.25, -0.2) is 0 Å². The Hall–Kier alpha value is -1.06. The first-order chi connectivity index (χ1) is 11.0. The van der Waals surface area contributed by atoms with Crippen molar-refractivity contribution >= 4 is 46.2 Å². The molecule has 5 heteroatoms. The molecular formula is C18H17Cl3N2. The van der Waals surface area contributed by atoms with Crippen LogP contribution in [0.25, 0.3) is 0 Å². The standard InChI is InChI=1S/C18H17Cl3N2/c1-11(22-10-12-5-15(20)8-16(21)6-12)4-17-7-13-2-3-14(19)9-18(13)23-17/h2-3,5-6,8-9,11,22H,4,7,10H2,1H3. The van der Waals surface area contributed by atoms with Gasteiger partial charge >= 0.3 is 0 Å². The average Bonchev–Trinajstić information content (AvgIpc) is 2.85. The number of hydrogen-bond donors (Lipinski definition) is 1. The zero-order valence-electron chi connectivity index (χ0n) is 12.7. The molecule has 0 radical (unpaired) electrons. The number of nitrogens with one attached hydrogen (secondary N) is 1. The Balaban J connectivity index is 1.56. The van der Waals surface area contributed by atoms with Crippen molar-refractivity contribution in [3.63, 3.8) is 0 Å². The summed E-state index contributed by atoms with van der Waals surface area (Å²) in [6.07, 6.45) is 1.81. The third-order valence-corrected chi connectivity index (χ3v) is 4.51. The number of fused-ring (bicyclic) bond motifs is 1. The minimum absolute atomic E-state index is 0.316. The van der Waals surface area contributed by atoms with Crippen molar-refractivity contribution in [1.29, 1.82) is 0 Å². The lowest BCUT2D eigenvalue weighted by atomic mass is 10.1. The van der Waals surface area contributed by atoms with Crippen LogP contribution in [0.4, 0.5) is 5.69 Å². The molecule has 0 fully saturated rings. The molecular weight excluding hydrogens is 351 g/mol. The minimum Gasteiger partial charge on any atom is -0.310 e. The summed E-state index contributed by atoms with van der Waals surface area (Å²) in [5, 5.41) is 5.55. The first-order valence-electron chi connectivity index (χ1n) is 7.53. The first kappa shape index (κ1) is 16.8. The zero-order chi connectivity index (χ0) is 16.4. The molecule has 1 heterocycles. The van der Waals surface area contributed by atoms with Gasteiger partial charge in [0.05, 0.1) is 5.69 Å². The van der Waals surface area contributed by atoms with Gasteiger partial charge in [-0.2, -0.15) is 0 Å². The van der Waals surface area contributed by atoms with Crippen LogP contribution >= 0.6 is 34.8 Å². The van der Waals surface area contributed by atoms with E-state index in [1.165, 1.54) is 11.3 Å². The van der Waals surface area contributed by atoms with E-state index in [1.54, 1.807) is 6.07 Å². The molecule has 2 nitrogen and oxygen atoms in total. The van der Waals surface area contributed by atoms with Crippen LogP contribution in [0.3, 0.4) is 0 Å². The number of benzene rings is 2. The fourth-order valence-electron chi connectivity index (χ4n) is 2.77. The Morgan fingerprint density at radius 3 is 2.52 bits per heavy atom. The van der Waals surface area contributed by atoms with Crippen molar-refractivity contribution < 1.29 is 0 Å². The Bertz CT molecular complexity index is 736. The van der Waals surface area contributed by atoms with Gasteiger partial charge < -0.3 is 5.32 Å². The monoisotopic (exact) mass is 366 g/mol. The highest BCUT2D eigenvalue weighted by Gasteiger charge is 2.16. The van der Waals surface area contributed by atoms with Crippen molar-refractivity contribution in [3.05, 3.63) is 62.6 Å². The van der Waals surface area contributed by atoms with Gasteiger partial charge in [0.15, 0.2) is 0 Å². The third-order valence-electron chi connectivity index (χ3n) is 3.84. The van der Waals surface area contributed by atoms with E-state index in [1.807, 2.05) is 24.3 Å². The molecule has 23 heavy (non-hydrogen) atoms. The Labute approximate surface area is 151 Å². The van der Waals surface area contributed by atoms with E-state index >= 15 is 0 Å². The predicted molar refractivity (Wildman–Crippen MR) is 99.6 cm³/mol. The highest BCUT2D eigenvalue weighted by Crippen LogP contribution is 2.30. The van der Waals surface area contributed by atoms with Crippen LogP contribution in [0.1, 0.15) is 24.5 Å². The van der Waals surface area contributed by atoms with Crippen molar-refractivity contribution in [2.45, 2.75) is 32.4 Å². The lowest BCUT2D eigenvalue weighted by Gasteiger charge is -2.14.